The number of hydrogen-bond donors (Lipinski definition) is 4. The monoisotopic (exact) mass is 1670 g/mol. The molecule has 1 unspecified atom stereocenters. The summed E-state index contributed by atoms with van der Waals surface area (Å²) < 4.78 is 236. The molecule has 0 spiro atoms. The molecule has 596 valence electrons. The Morgan fingerprint density at radius 1 is 0.544 bits per heavy atom. The number of sulfonamides is 2. The lowest BCUT2D eigenvalue weighted by atomic mass is 10.0. The lowest BCUT2D eigenvalue weighted by molar-refractivity contribution is -0.123. The molecular weight excluding hydrogens is 1610 g/mol. The van der Waals surface area contributed by atoms with Crippen LogP contribution in [0.5, 0.6) is 0 Å². The van der Waals surface area contributed by atoms with Crippen LogP contribution in [-0.4, -0.2) is 109 Å². The van der Waals surface area contributed by atoms with Gasteiger partial charge in [-0.05, 0) is 136 Å². The highest BCUT2D eigenvalue weighted by Gasteiger charge is 2.68. The molecular formula is C72H60Cl2F12N18O8S2. The van der Waals surface area contributed by atoms with Gasteiger partial charge in [-0.1, -0.05) is 23.2 Å². The van der Waals surface area contributed by atoms with Crippen LogP contribution in [0.2, 0.25) is 10.0 Å². The van der Waals surface area contributed by atoms with Gasteiger partial charge in [0.2, 0.25) is 31.9 Å². The van der Waals surface area contributed by atoms with Crippen LogP contribution in [0, 0.1) is 35.1 Å². The molecule has 0 saturated heterocycles. The Bertz CT molecular complexity index is 5990. The third-order valence-corrected chi connectivity index (χ3v) is 21.6. The lowest BCUT2D eigenvalue weighted by Gasteiger charge is -2.24. The van der Waals surface area contributed by atoms with Gasteiger partial charge >= 0.3 is 0 Å². The molecule has 0 aliphatic heterocycles. The highest BCUT2D eigenvalue weighted by atomic mass is 35.5. The zero-order valence-electron chi connectivity index (χ0n) is 59.9. The van der Waals surface area contributed by atoms with Crippen molar-refractivity contribution in [3.63, 3.8) is 0 Å². The Labute approximate surface area is 645 Å². The SMILES string of the molecule is CC(C)n1nc(NS(C)(=O)=O)c2c(Cl)ccc(-n3c(C(Cc4cc(F)cc(F)c4)NC(=O)Cn4nc(C(F)F)c5c4C(F)(F)[C@@H]4C[C@H]54)nc4ncccc4c3=O)c21.CC(C)n1nc(NS(C)(=O)=O)c2c(Cl)ccc(-n3c([C@H](Cc4cc(F)cc(F)c4)NC(=O)Cn4nc(C(F)F)c5c4C(F)(F)[C@@H]4C[C@H]54)nc4ncccc4c3=O)c21. The number of carbonyl (C=O) groups excluding carboxylic acids is 2. The molecule has 42 heteroatoms. The van der Waals surface area contributed by atoms with Gasteiger partial charge in [-0.3, -0.25) is 56.5 Å². The zero-order valence-corrected chi connectivity index (χ0v) is 63.0. The largest absolute Gasteiger partial charge is 0.344 e. The summed E-state index contributed by atoms with van der Waals surface area (Å²) in [6, 6.07) is 12.6. The lowest BCUT2D eigenvalue weighted by Crippen LogP contribution is -2.38. The molecule has 26 nitrogen and oxygen atoms in total. The van der Waals surface area contributed by atoms with Crippen LogP contribution in [0.3, 0.4) is 0 Å². The number of amides is 2. The third kappa shape index (κ3) is 14.2. The Morgan fingerprint density at radius 3 is 1.24 bits per heavy atom. The quantitative estimate of drug-likeness (QED) is 0.0458. The minimum atomic E-state index is -3.91. The first-order chi connectivity index (χ1) is 53.7. The van der Waals surface area contributed by atoms with Gasteiger partial charge in [0.15, 0.2) is 22.9 Å². The van der Waals surface area contributed by atoms with Crippen molar-refractivity contribution in [1.29, 1.82) is 0 Å². The van der Waals surface area contributed by atoms with Crippen LogP contribution < -0.4 is 31.2 Å². The van der Waals surface area contributed by atoms with Crippen molar-refractivity contribution in [2.45, 2.75) is 127 Å². The van der Waals surface area contributed by atoms with E-state index in [0.29, 0.717) is 21.5 Å². The van der Waals surface area contributed by atoms with Gasteiger partial charge in [0.05, 0.1) is 78.6 Å². The van der Waals surface area contributed by atoms with Gasteiger partial charge in [0, 0.05) is 72.4 Å². The van der Waals surface area contributed by atoms with Crippen LogP contribution in [0.25, 0.3) is 55.2 Å². The highest BCUT2D eigenvalue weighted by molar-refractivity contribution is 7.92. The molecule has 4 aliphatic rings. The van der Waals surface area contributed by atoms with E-state index in [4.69, 9.17) is 23.2 Å². The van der Waals surface area contributed by atoms with Crippen LogP contribution in [0.15, 0.2) is 107 Å². The average Bonchev–Trinajstić information content (AvgIpc) is 1.55. The molecule has 2 saturated carbocycles. The molecule has 8 aromatic heterocycles. The van der Waals surface area contributed by atoms with Gasteiger partial charge in [-0.25, -0.2) is 71.9 Å². The molecule has 4 aromatic carbocycles. The first-order valence-electron chi connectivity index (χ1n) is 34.8. The van der Waals surface area contributed by atoms with Crippen molar-refractivity contribution in [1.82, 2.24) is 78.8 Å². The normalized spacial score (nSPS) is 17.7. The first-order valence-corrected chi connectivity index (χ1v) is 39.4. The number of rotatable bonds is 22. The number of alkyl halides is 8. The fraction of sp³-hybridized carbons (Fsp3) is 0.333. The summed E-state index contributed by atoms with van der Waals surface area (Å²) in [6.07, 6.45) is -2.78. The van der Waals surface area contributed by atoms with Crippen molar-refractivity contribution in [3.05, 3.63) is 208 Å². The van der Waals surface area contributed by atoms with Crippen molar-refractivity contribution in [2.24, 2.45) is 11.8 Å². The maximum atomic E-state index is 15.4. The molecule has 2 fully saturated rings. The zero-order chi connectivity index (χ0) is 81.8. The smallest absolute Gasteiger partial charge is 0.293 e. The van der Waals surface area contributed by atoms with Gasteiger partial charge in [-0.2, -0.15) is 38.0 Å². The van der Waals surface area contributed by atoms with E-state index in [9.17, 15) is 71.1 Å². The van der Waals surface area contributed by atoms with Crippen LogP contribution in [0.4, 0.5) is 64.3 Å². The van der Waals surface area contributed by atoms with Crippen LogP contribution >= 0.6 is 23.2 Å². The third-order valence-electron chi connectivity index (χ3n) is 19.9. The molecule has 8 heterocycles. The molecule has 0 radical (unpaired) electrons. The van der Waals surface area contributed by atoms with Gasteiger partial charge in [-0.15, -0.1) is 0 Å². The number of carbonyl (C=O) groups is 2. The maximum Gasteiger partial charge on any atom is 0.293 e. The second kappa shape index (κ2) is 28.5. The number of aromatic nitrogens is 14. The summed E-state index contributed by atoms with van der Waals surface area (Å²) in [6.45, 7) is 4.97. The number of nitrogens with one attached hydrogen (secondary N) is 4. The standard InChI is InChI=1S/2C36H30ClF6N9O4S/c2*1-15(2)52-29-24(7-6-22(37)27(29)33(48-52)49-57(3,55)56)51-34(46-32-19(35(51)54)5-4-8-44-32)23(11-16-9-17(38)12-18(39)10-16)45-25(53)14-50-30-26(28(47-50)31(40)41)20-13-21(20)36(30,42)43/h2*4-10,12,15,20-21,23,31H,11,13-14H2,1-3H3,(H,45,53)(H,48,49)/t20-,21+,23?;20-,21+,23-/m00/s1. The van der Waals surface area contributed by atoms with Gasteiger partial charge in [0.1, 0.15) is 70.8 Å². The summed E-state index contributed by atoms with van der Waals surface area (Å²) >= 11 is 13.3. The van der Waals surface area contributed by atoms with E-state index in [1.54, 1.807) is 27.7 Å². The van der Waals surface area contributed by atoms with Crippen molar-refractivity contribution in [2.75, 3.05) is 22.0 Å². The van der Waals surface area contributed by atoms with E-state index >= 15 is 17.6 Å². The topological polar surface area (TPSA) is 317 Å². The second-order valence-corrected chi connectivity index (χ2v) is 32.9. The minimum Gasteiger partial charge on any atom is -0.344 e. The van der Waals surface area contributed by atoms with Crippen molar-refractivity contribution < 1.29 is 79.1 Å². The summed E-state index contributed by atoms with van der Waals surface area (Å²) in [5, 5.41) is 21.8. The molecule has 12 aromatic rings. The predicted molar refractivity (Wildman–Crippen MR) is 390 cm³/mol. The minimum absolute atomic E-state index is 0.00255. The fourth-order valence-electron chi connectivity index (χ4n) is 15.3. The van der Waals surface area contributed by atoms with E-state index in [-0.39, 0.29) is 124 Å². The molecule has 4 aliphatic carbocycles. The van der Waals surface area contributed by atoms with Crippen molar-refractivity contribution >= 4 is 111 Å². The number of anilines is 2. The van der Waals surface area contributed by atoms with E-state index in [1.165, 1.54) is 70.3 Å². The summed E-state index contributed by atoms with van der Waals surface area (Å²) in [7, 11) is -7.82. The first kappa shape index (κ1) is 78.3. The van der Waals surface area contributed by atoms with E-state index in [0.717, 1.165) is 45.9 Å². The number of pyridine rings is 2. The van der Waals surface area contributed by atoms with Crippen LogP contribution in [-0.2, 0) is 67.4 Å². The maximum absolute atomic E-state index is 15.4. The Kier molecular flexibility index (Phi) is 19.6. The average molecular weight is 1670 g/mol. The molecule has 0 bridgehead atoms. The summed E-state index contributed by atoms with van der Waals surface area (Å²) in [5.74, 6) is -18.0. The van der Waals surface area contributed by atoms with Gasteiger partial charge in [0.25, 0.3) is 35.8 Å². The Balaban J connectivity index is 0.000000180. The molecule has 4 N–H and O–H groups in total. The number of halogens is 14. The van der Waals surface area contributed by atoms with Gasteiger partial charge < -0.3 is 10.6 Å². The van der Waals surface area contributed by atoms with E-state index in [1.807, 2.05) is 0 Å². The predicted octanol–water partition coefficient (Wildman–Crippen LogP) is 12.9. The fourth-order valence-corrected chi connectivity index (χ4v) is 16.8. The Hall–Kier alpha value is -11.0. The second-order valence-electron chi connectivity index (χ2n) is 28.6. The molecule has 6 atom stereocenters. The van der Waals surface area contributed by atoms with Crippen molar-refractivity contribution in [3.8, 4) is 11.4 Å². The van der Waals surface area contributed by atoms with E-state index in [2.05, 4.69) is 60.4 Å². The molecule has 2 amide bonds. The summed E-state index contributed by atoms with van der Waals surface area (Å²) in [5.41, 5.74) is -5.25. The number of hydrogen-bond acceptors (Lipinski definition) is 16. The Morgan fingerprint density at radius 2 is 0.904 bits per heavy atom. The van der Waals surface area contributed by atoms with E-state index < -0.39 is 187 Å². The molecule has 16 rings (SSSR count). The summed E-state index contributed by atoms with van der Waals surface area (Å²) in [4.78, 5) is 74.9. The van der Waals surface area contributed by atoms with Crippen LogP contribution in [0.1, 0.15) is 146 Å². The highest BCUT2D eigenvalue weighted by Crippen LogP contribution is 2.69. The number of benzene rings is 4. The number of fused-ring (bicyclic) bond motifs is 10. The molecule has 114 heavy (non-hydrogen) atoms. The number of nitrogens with zero attached hydrogens (tertiary/aromatic N) is 14.